The molecule has 1 atom stereocenters. The number of aliphatic imine (C=N–C) groups is 1. The predicted molar refractivity (Wildman–Crippen MR) is 138 cm³/mol. The first-order valence-corrected chi connectivity index (χ1v) is 11.8. The summed E-state index contributed by atoms with van der Waals surface area (Å²) in [5.41, 5.74) is 1.67. The molecule has 2 amide bonds. The molecule has 0 spiro atoms. The molecule has 31 heavy (non-hydrogen) atoms. The van der Waals surface area contributed by atoms with Crippen LogP contribution >= 0.6 is 35.7 Å². The number of hydrogen-bond donors (Lipinski definition) is 2. The maximum Gasteiger partial charge on any atom is 0.254 e. The molecule has 0 radical (unpaired) electrons. The number of guanidine groups is 1. The zero-order valence-corrected chi connectivity index (χ0v) is 21.7. The van der Waals surface area contributed by atoms with Crippen molar-refractivity contribution >= 4 is 53.5 Å². The van der Waals surface area contributed by atoms with Crippen LogP contribution in [0.2, 0.25) is 0 Å². The van der Waals surface area contributed by atoms with E-state index in [0.717, 1.165) is 36.9 Å². The first-order chi connectivity index (χ1) is 14.5. The number of piperazine rings is 1. The van der Waals surface area contributed by atoms with Crippen molar-refractivity contribution in [2.75, 3.05) is 45.0 Å². The lowest BCUT2D eigenvalue weighted by atomic mass is 10.1. The predicted octanol–water partition coefficient (Wildman–Crippen LogP) is 2.42. The molecule has 1 unspecified atom stereocenters. The molecule has 2 saturated heterocycles. The SMILES string of the molecule is CCNC(=NCc1ccc(C(=O)N2CCNC(=O)C2)cc1)N1CCSC(C(C)C)C1.I. The van der Waals surface area contributed by atoms with Crippen LogP contribution in [0, 0.1) is 5.92 Å². The quantitative estimate of drug-likeness (QED) is 0.330. The Bertz CT molecular complexity index is 772. The molecule has 2 N–H and O–H groups in total. The second-order valence-corrected chi connectivity index (χ2v) is 9.39. The summed E-state index contributed by atoms with van der Waals surface area (Å²) in [5, 5.41) is 6.80. The summed E-state index contributed by atoms with van der Waals surface area (Å²) in [6.45, 7) is 11.3. The number of halogens is 1. The molecule has 0 aliphatic carbocycles. The fourth-order valence-corrected chi connectivity index (χ4v) is 4.91. The number of carbonyl (C=O) groups excluding carboxylic acids is 2. The highest BCUT2D eigenvalue weighted by molar-refractivity contribution is 14.0. The van der Waals surface area contributed by atoms with E-state index in [1.807, 2.05) is 24.3 Å². The van der Waals surface area contributed by atoms with Gasteiger partial charge in [0.2, 0.25) is 5.91 Å². The molecule has 9 heteroatoms. The highest BCUT2D eigenvalue weighted by atomic mass is 127. The van der Waals surface area contributed by atoms with Gasteiger partial charge in [0.15, 0.2) is 5.96 Å². The molecular weight excluding hydrogens is 525 g/mol. The second-order valence-electron chi connectivity index (χ2n) is 8.04. The lowest BCUT2D eigenvalue weighted by molar-refractivity contribution is -0.123. The molecule has 172 valence electrons. The Kier molecular flexibility index (Phi) is 10.4. The van der Waals surface area contributed by atoms with E-state index in [1.54, 1.807) is 4.90 Å². The minimum absolute atomic E-state index is 0. The number of amides is 2. The smallest absolute Gasteiger partial charge is 0.254 e. The van der Waals surface area contributed by atoms with E-state index in [4.69, 9.17) is 4.99 Å². The van der Waals surface area contributed by atoms with Gasteiger partial charge in [0.05, 0.1) is 13.1 Å². The summed E-state index contributed by atoms with van der Waals surface area (Å²) in [6.07, 6.45) is 0. The van der Waals surface area contributed by atoms with Gasteiger partial charge >= 0.3 is 0 Å². The zero-order valence-electron chi connectivity index (χ0n) is 18.6. The van der Waals surface area contributed by atoms with E-state index in [0.29, 0.717) is 36.4 Å². The van der Waals surface area contributed by atoms with E-state index in [-0.39, 0.29) is 42.3 Å². The van der Waals surface area contributed by atoms with E-state index in [2.05, 4.69) is 48.1 Å². The molecule has 2 fully saturated rings. The molecule has 0 aromatic heterocycles. The van der Waals surface area contributed by atoms with Crippen LogP contribution in [0.15, 0.2) is 29.3 Å². The Morgan fingerprint density at radius 2 is 2.00 bits per heavy atom. The summed E-state index contributed by atoms with van der Waals surface area (Å²) in [6, 6.07) is 7.57. The number of carbonyl (C=O) groups is 2. The molecule has 2 aliphatic heterocycles. The van der Waals surface area contributed by atoms with Crippen molar-refractivity contribution < 1.29 is 9.59 Å². The van der Waals surface area contributed by atoms with Crippen molar-refractivity contribution in [2.24, 2.45) is 10.9 Å². The van der Waals surface area contributed by atoms with Gasteiger partial charge < -0.3 is 20.4 Å². The Labute approximate surface area is 206 Å². The molecule has 2 heterocycles. The molecule has 7 nitrogen and oxygen atoms in total. The number of rotatable bonds is 5. The van der Waals surface area contributed by atoms with E-state index >= 15 is 0 Å². The van der Waals surface area contributed by atoms with E-state index in [1.165, 1.54) is 0 Å². The molecular formula is C22H34IN5O2S. The Hall–Kier alpha value is -1.49. The number of hydrogen-bond acceptors (Lipinski definition) is 4. The Balaban J connectivity index is 0.00000341. The fourth-order valence-electron chi connectivity index (χ4n) is 3.61. The van der Waals surface area contributed by atoms with Gasteiger partial charge in [0.25, 0.3) is 5.91 Å². The summed E-state index contributed by atoms with van der Waals surface area (Å²) in [5.74, 6) is 2.53. The third-order valence-corrected chi connectivity index (χ3v) is 6.95. The van der Waals surface area contributed by atoms with Crippen LogP contribution in [0.25, 0.3) is 0 Å². The zero-order chi connectivity index (χ0) is 21.5. The molecule has 1 aromatic carbocycles. The Morgan fingerprint density at radius 3 is 2.65 bits per heavy atom. The van der Waals surface area contributed by atoms with Crippen LogP contribution in [0.4, 0.5) is 0 Å². The minimum atomic E-state index is -0.104. The summed E-state index contributed by atoms with van der Waals surface area (Å²) in [4.78, 5) is 32.9. The van der Waals surface area contributed by atoms with Crippen molar-refractivity contribution in [1.82, 2.24) is 20.4 Å². The van der Waals surface area contributed by atoms with Crippen molar-refractivity contribution in [2.45, 2.75) is 32.6 Å². The van der Waals surface area contributed by atoms with Crippen LogP contribution in [0.3, 0.4) is 0 Å². The van der Waals surface area contributed by atoms with Crippen molar-refractivity contribution in [3.63, 3.8) is 0 Å². The van der Waals surface area contributed by atoms with Gasteiger partial charge in [0.1, 0.15) is 0 Å². The van der Waals surface area contributed by atoms with E-state index in [9.17, 15) is 9.59 Å². The molecule has 1 aromatic rings. The van der Waals surface area contributed by atoms with Crippen LogP contribution in [-0.2, 0) is 11.3 Å². The van der Waals surface area contributed by atoms with Gasteiger partial charge in [0, 0.05) is 49.3 Å². The third-order valence-electron chi connectivity index (χ3n) is 5.41. The van der Waals surface area contributed by atoms with Gasteiger partial charge in [-0.3, -0.25) is 9.59 Å². The minimum Gasteiger partial charge on any atom is -0.357 e. The van der Waals surface area contributed by atoms with Gasteiger partial charge in [-0.1, -0.05) is 26.0 Å². The van der Waals surface area contributed by atoms with Crippen molar-refractivity contribution in [1.29, 1.82) is 0 Å². The van der Waals surface area contributed by atoms with Crippen LogP contribution in [-0.4, -0.2) is 77.8 Å². The van der Waals surface area contributed by atoms with Crippen molar-refractivity contribution in [3.05, 3.63) is 35.4 Å². The van der Waals surface area contributed by atoms with Gasteiger partial charge in [-0.2, -0.15) is 11.8 Å². The van der Waals surface area contributed by atoms with Crippen LogP contribution < -0.4 is 10.6 Å². The highest BCUT2D eigenvalue weighted by Crippen LogP contribution is 2.25. The fraction of sp³-hybridized carbons (Fsp3) is 0.591. The van der Waals surface area contributed by atoms with Crippen LogP contribution in [0.1, 0.15) is 36.7 Å². The molecule has 0 bridgehead atoms. The van der Waals surface area contributed by atoms with E-state index < -0.39 is 0 Å². The first kappa shape index (κ1) is 25.8. The summed E-state index contributed by atoms with van der Waals surface area (Å²) < 4.78 is 0. The lowest BCUT2D eigenvalue weighted by Gasteiger charge is -2.36. The first-order valence-electron chi connectivity index (χ1n) is 10.8. The maximum absolute atomic E-state index is 12.6. The Morgan fingerprint density at radius 1 is 1.26 bits per heavy atom. The lowest BCUT2D eigenvalue weighted by Crippen LogP contribution is -2.49. The number of benzene rings is 1. The van der Waals surface area contributed by atoms with Gasteiger partial charge in [-0.15, -0.1) is 24.0 Å². The van der Waals surface area contributed by atoms with Gasteiger partial charge in [-0.25, -0.2) is 4.99 Å². The largest absolute Gasteiger partial charge is 0.357 e. The topological polar surface area (TPSA) is 77.0 Å². The molecule has 3 rings (SSSR count). The summed E-state index contributed by atoms with van der Waals surface area (Å²) >= 11 is 2.06. The molecule has 2 aliphatic rings. The maximum atomic E-state index is 12.6. The number of nitrogens with zero attached hydrogens (tertiary/aromatic N) is 3. The average molecular weight is 560 g/mol. The average Bonchev–Trinajstić information content (AvgIpc) is 2.76. The standard InChI is InChI=1S/C22H33N5O2S.HI/c1-4-23-22(27-11-12-30-19(14-27)16(2)3)25-13-17-5-7-18(8-6-17)21(29)26-10-9-24-20(28)15-26;/h5-8,16,19H,4,9-15H2,1-3H3,(H,23,25)(H,24,28);1H. The van der Waals surface area contributed by atoms with Crippen LogP contribution in [0.5, 0.6) is 0 Å². The second kappa shape index (κ2) is 12.5. The monoisotopic (exact) mass is 559 g/mol. The normalized spacial score (nSPS) is 19.7. The number of nitrogens with one attached hydrogen (secondary N) is 2. The summed E-state index contributed by atoms with van der Waals surface area (Å²) in [7, 11) is 0. The van der Waals surface area contributed by atoms with Crippen molar-refractivity contribution in [3.8, 4) is 0 Å². The number of thioether (sulfide) groups is 1. The molecule has 0 saturated carbocycles. The van der Waals surface area contributed by atoms with Gasteiger partial charge in [-0.05, 0) is 30.5 Å². The highest BCUT2D eigenvalue weighted by Gasteiger charge is 2.25. The third kappa shape index (κ3) is 7.27.